The first-order chi connectivity index (χ1) is 9.66. The molecule has 0 aromatic rings. The summed E-state index contributed by atoms with van der Waals surface area (Å²) in [6.45, 7) is 22.7. The molecule has 0 aliphatic carbocycles. The maximum absolute atomic E-state index is 6.00. The Labute approximate surface area is 131 Å². The van der Waals surface area contributed by atoms with E-state index in [1.807, 2.05) is 0 Å². The van der Waals surface area contributed by atoms with E-state index in [9.17, 15) is 0 Å². The van der Waals surface area contributed by atoms with Gasteiger partial charge in [-0.15, -0.1) is 0 Å². The lowest BCUT2D eigenvalue weighted by atomic mass is 10.0. The Morgan fingerprint density at radius 3 is 1.90 bits per heavy atom. The van der Waals surface area contributed by atoms with Crippen LogP contribution >= 0.6 is 0 Å². The van der Waals surface area contributed by atoms with Gasteiger partial charge in [0.2, 0.25) is 0 Å². The van der Waals surface area contributed by atoms with Crippen molar-refractivity contribution in [3.05, 3.63) is 0 Å². The smallest absolute Gasteiger partial charge is 0.0829 e. The van der Waals surface area contributed by atoms with E-state index in [2.05, 4.69) is 56.2 Å². The van der Waals surface area contributed by atoms with Crippen molar-refractivity contribution in [3.8, 4) is 0 Å². The van der Waals surface area contributed by atoms with Crippen LogP contribution in [0.15, 0.2) is 0 Å². The Kier molecular flexibility index (Phi) is 5.35. The maximum atomic E-state index is 6.00. The summed E-state index contributed by atoms with van der Waals surface area (Å²) in [5, 5.41) is 0. The molecule has 0 N–H and O–H groups in total. The highest BCUT2D eigenvalue weighted by Crippen LogP contribution is 2.19. The first-order valence-corrected chi connectivity index (χ1v) is 8.50. The van der Waals surface area contributed by atoms with Gasteiger partial charge in [-0.05, 0) is 41.5 Å². The van der Waals surface area contributed by atoms with Gasteiger partial charge in [0.05, 0.1) is 12.7 Å². The molecule has 0 unspecified atom stereocenters. The standard InChI is InChI=1S/C17H35N3O/c1-16(2,3)19-9-7-18(8-10-19)13-15-14-20(11-12-21-15)17(4,5)6/h15H,7-14H2,1-6H3/t15-/m1/s1. The molecule has 0 aromatic heterocycles. The summed E-state index contributed by atoms with van der Waals surface area (Å²) in [6.07, 6.45) is 0.374. The first kappa shape index (κ1) is 17.2. The molecule has 124 valence electrons. The second kappa shape index (κ2) is 6.53. The van der Waals surface area contributed by atoms with Gasteiger partial charge in [0, 0.05) is 56.9 Å². The third-order valence-electron chi connectivity index (χ3n) is 4.87. The minimum absolute atomic E-state index is 0.257. The van der Waals surface area contributed by atoms with Crippen LogP contribution in [0.3, 0.4) is 0 Å². The van der Waals surface area contributed by atoms with Crippen LogP contribution in [0.1, 0.15) is 41.5 Å². The van der Waals surface area contributed by atoms with E-state index in [1.54, 1.807) is 0 Å². The average Bonchev–Trinajstić information content (AvgIpc) is 2.37. The Morgan fingerprint density at radius 2 is 1.38 bits per heavy atom. The zero-order valence-corrected chi connectivity index (χ0v) is 15.0. The van der Waals surface area contributed by atoms with Crippen LogP contribution in [0, 0.1) is 0 Å². The molecule has 2 aliphatic heterocycles. The SMILES string of the molecule is CC(C)(C)N1CCN(C[C@@H]2CN(C(C)(C)C)CCO2)CC1. The van der Waals surface area contributed by atoms with Crippen LogP contribution in [0.5, 0.6) is 0 Å². The zero-order valence-electron chi connectivity index (χ0n) is 15.0. The number of ether oxygens (including phenoxy) is 1. The molecule has 4 nitrogen and oxygen atoms in total. The van der Waals surface area contributed by atoms with E-state index in [0.717, 1.165) is 26.2 Å². The number of hydrogen-bond donors (Lipinski definition) is 0. The van der Waals surface area contributed by atoms with Crippen molar-refractivity contribution in [2.75, 3.05) is 52.4 Å². The predicted octanol–water partition coefficient (Wildman–Crippen LogP) is 1.90. The van der Waals surface area contributed by atoms with Crippen molar-refractivity contribution >= 4 is 0 Å². The van der Waals surface area contributed by atoms with Crippen molar-refractivity contribution in [1.82, 2.24) is 14.7 Å². The Morgan fingerprint density at radius 1 is 0.810 bits per heavy atom. The van der Waals surface area contributed by atoms with Crippen LogP contribution in [0.2, 0.25) is 0 Å². The zero-order chi connectivity index (χ0) is 15.7. The van der Waals surface area contributed by atoms with Crippen LogP contribution < -0.4 is 0 Å². The van der Waals surface area contributed by atoms with Gasteiger partial charge in [0.25, 0.3) is 0 Å². The largest absolute Gasteiger partial charge is 0.374 e. The van der Waals surface area contributed by atoms with Crippen molar-refractivity contribution in [2.24, 2.45) is 0 Å². The monoisotopic (exact) mass is 297 g/mol. The molecule has 4 heteroatoms. The van der Waals surface area contributed by atoms with Gasteiger partial charge < -0.3 is 4.74 Å². The van der Waals surface area contributed by atoms with E-state index in [0.29, 0.717) is 11.6 Å². The maximum Gasteiger partial charge on any atom is 0.0829 e. The Bertz CT molecular complexity index is 324. The minimum Gasteiger partial charge on any atom is -0.374 e. The van der Waals surface area contributed by atoms with Gasteiger partial charge in [0.1, 0.15) is 0 Å². The molecule has 1 atom stereocenters. The lowest BCUT2D eigenvalue weighted by Gasteiger charge is -2.45. The summed E-state index contributed by atoms with van der Waals surface area (Å²) < 4.78 is 6.00. The van der Waals surface area contributed by atoms with Gasteiger partial charge in [-0.1, -0.05) is 0 Å². The summed E-state index contributed by atoms with van der Waals surface area (Å²) in [5.41, 5.74) is 0.559. The highest BCUT2D eigenvalue weighted by Gasteiger charge is 2.31. The highest BCUT2D eigenvalue weighted by atomic mass is 16.5. The number of rotatable bonds is 2. The summed E-state index contributed by atoms with van der Waals surface area (Å²) in [6, 6.07) is 0. The molecule has 2 rings (SSSR count). The van der Waals surface area contributed by atoms with Gasteiger partial charge in [-0.25, -0.2) is 0 Å². The summed E-state index contributed by atoms with van der Waals surface area (Å²) in [7, 11) is 0. The lowest BCUT2D eigenvalue weighted by molar-refractivity contribution is -0.0742. The second-order valence-electron chi connectivity index (χ2n) is 8.57. The van der Waals surface area contributed by atoms with E-state index >= 15 is 0 Å². The molecule has 0 amide bonds. The molecule has 21 heavy (non-hydrogen) atoms. The summed E-state index contributed by atoms with van der Waals surface area (Å²) >= 11 is 0. The van der Waals surface area contributed by atoms with Crippen molar-refractivity contribution in [2.45, 2.75) is 58.7 Å². The molecule has 0 radical (unpaired) electrons. The summed E-state index contributed by atoms with van der Waals surface area (Å²) in [5.74, 6) is 0. The predicted molar refractivity (Wildman–Crippen MR) is 88.8 cm³/mol. The topological polar surface area (TPSA) is 19.0 Å². The van der Waals surface area contributed by atoms with Gasteiger partial charge in [-0.3, -0.25) is 14.7 Å². The molecule has 2 saturated heterocycles. The number of hydrogen-bond acceptors (Lipinski definition) is 4. The van der Waals surface area contributed by atoms with Crippen LogP contribution in [0.25, 0.3) is 0 Å². The van der Waals surface area contributed by atoms with Crippen molar-refractivity contribution < 1.29 is 4.74 Å². The van der Waals surface area contributed by atoms with Gasteiger partial charge in [-0.2, -0.15) is 0 Å². The molecular formula is C17H35N3O. The van der Waals surface area contributed by atoms with E-state index in [4.69, 9.17) is 4.74 Å². The van der Waals surface area contributed by atoms with Crippen molar-refractivity contribution in [1.29, 1.82) is 0 Å². The fraction of sp³-hybridized carbons (Fsp3) is 1.00. The quantitative estimate of drug-likeness (QED) is 0.775. The second-order valence-corrected chi connectivity index (χ2v) is 8.57. The van der Waals surface area contributed by atoms with E-state index < -0.39 is 0 Å². The van der Waals surface area contributed by atoms with Crippen LogP contribution in [-0.2, 0) is 4.74 Å². The molecule has 0 bridgehead atoms. The van der Waals surface area contributed by atoms with Crippen LogP contribution in [-0.4, -0.2) is 84.3 Å². The molecule has 0 aromatic carbocycles. The first-order valence-electron chi connectivity index (χ1n) is 8.50. The molecule has 2 aliphatic rings. The average molecular weight is 297 g/mol. The third-order valence-corrected chi connectivity index (χ3v) is 4.87. The van der Waals surface area contributed by atoms with E-state index in [1.165, 1.54) is 26.2 Å². The molecular weight excluding hydrogens is 262 g/mol. The highest BCUT2D eigenvalue weighted by molar-refractivity contribution is 4.86. The molecule has 2 heterocycles. The molecule has 0 saturated carbocycles. The van der Waals surface area contributed by atoms with Gasteiger partial charge in [0.15, 0.2) is 0 Å². The Hall–Kier alpha value is -0.160. The Balaban J connectivity index is 1.78. The van der Waals surface area contributed by atoms with Gasteiger partial charge >= 0.3 is 0 Å². The number of nitrogens with zero attached hydrogens (tertiary/aromatic N) is 3. The number of piperazine rings is 1. The fourth-order valence-corrected chi connectivity index (χ4v) is 3.33. The molecule has 0 spiro atoms. The lowest BCUT2D eigenvalue weighted by Crippen LogP contribution is -2.57. The normalized spacial score (nSPS) is 28.0. The third kappa shape index (κ3) is 4.92. The van der Waals surface area contributed by atoms with E-state index in [-0.39, 0.29) is 5.54 Å². The molecule has 2 fully saturated rings. The summed E-state index contributed by atoms with van der Waals surface area (Å²) in [4.78, 5) is 7.73. The minimum atomic E-state index is 0.257. The number of morpholine rings is 1. The van der Waals surface area contributed by atoms with Crippen LogP contribution in [0.4, 0.5) is 0 Å². The van der Waals surface area contributed by atoms with Crippen molar-refractivity contribution in [3.63, 3.8) is 0 Å². The fourth-order valence-electron chi connectivity index (χ4n) is 3.33.